The van der Waals surface area contributed by atoms with Gasteiger partial charge in [0.25, 0.3) is 5.91 Å². The summed E-state index contributed by atoms with van der Waals surface area (Å²) in [6.07, 6.45) is 14.0. The monoisotopic (exact) mass is 616 g/mol. The first-order chi connectivity index (χ1) is 18.4. The van der Waals surface area contributed by atoms with Crippen LogP contribution < -0.4 is 10.2 Å². The molecule has 0 bridgehead atoms. The molecule has 1 aromatic carbocycles. The fraction of sp³-hybridized carbons (Fsp3) is 0.452. The van der Waals surface area contributed by atoms with Gasteiger partial charge in [0.15, 0.2) is 4.67 Å². The van der Waals surface area contributed by atoms with Gasteiger partial charge in [-0.15, -0.1) is 0 Å². The number of furan rings is 1. The molecule has 38 heavy (non-hydrogen) atoms. The van der Waals surface area contributed by atoms with Gasteiger partial charge in [0.2, 0.25) is 0 Å². The molecule has 7 heteroatoms. The summed E-state index contributed by atoms with van der Waals surface area (Å²) >= 11 is 16.5. The molecule has 4 nitrogen and oxygen atoms in total. The maximum atomic E-state index is 13.9. The second-order valence-electron chi connectivity index (χ2n) is 10.7. The summed E-state index contributed by atoms with van der Waals surface area (Å²) in [6.45, 7) is 4.32. The number of nitrogens with one attached hydrogen (secondary N) is 1. The lowest BCUT2D eigenvalue weighted by atomic mass is 9.81. The maximum Gasteiger partial charge on any atom is 0.251 e. The van der Waals surface area contributed by atoms with Gasteiger partial charge < -0.3 is 14.6 Å². The normalized spacial score (nSPS) is 22.3. The zero-order valence-corrected chi connectivity index (χ0v) is 25.1. The number of carbonyl (C=O) groups is 1. The fourth-order valence-corrected chi connectivity index (χ4v) is 7.04. The van der Waals surface area contributed by atoms with Crippen molar-refractivity contribution in [1.82, 2.24) is 5.32 Å². The Hall–Kier alpha value is -1.95. The molecule has 2 aliphatic carbocycles. The lowest BCUT2D eigenvalue weighted by Gasteiger charge is -2.42. The van der Waals surface area contributed by atoms with Gasteiger partial charge in [0.1, 0.15) is 5.76 Å². The molecule has 0 saturated heterocycles. The van der Waals surface area contributed by atoms with Crippen LogP contribution in [0.5, 0.6) is 0 Å². The van der Waals surface area contributed by atoms with E-state index < -0.39 is 0 Å². The Morgan fingerprint density at radius 1 is 1.16 bits per heavy atom. The topological polar surface area (TPSA) is 45.5 Å². The number of rotatable bonds is 6. The number of carbonyl (C=O) groups excluding carboxylic acids is 1. The molecule has 3 aliphatic rings. The smallest absolute Gasteiger partial charge is 0.251 e. The Morgan fingerprint density at radius 3 is 2.63 bits per heavy atom. The molecule has 1 aromatic heterocycles. The number of anilines is 1. The van der Waals surface area contributed by atoms with E-state index in [9.17, 15) is 4.79 Å². The van der Waals surface area contributed by atoms with Crippen LogP contribution >= 0.6 is 39.1 Å². The summed E-state index contributed by atoms with van der Waals surface area (Å²) < 4.78 is 6.55. The fourth-order valence-electron chi connectivity index (χ4n) is 6.23. The molecule has 0 spiro atoms. The van der Waals surface area contributed by atoms with E-state index in [1.807, 2.05) is 24.3 Å². The van der Waals surface area contributed by atoms with Crippen molar-refractivity contribution in [3.8, 4) is 0 Å². The van der Waals surface area contributed by atoms with Crippen LogP contribution in [0.1, 0.15) is 77.4 Å². The molecule has 1 saturated carbocycles. The van der Waals surface area contributed by atoms with Crippen molar-refractivity contribution in [2.45, 2.75) is 83.7 Å². The Balaban J connectivity index is 1.58. The van der Waals surface area contributed by atoms with E-state index in [4.69, 9.17) is 27.6 Å². The third-order valence-corrected chi connectivity index (χ3v) is 9.14. The number of hydrogen-bond donors (Lipinski definition) is 1. The van der Waals surface area contributed by atoms with Crippen molar-refractivity contribution < 1.29 is 9.21 Å². The maximum absolute atomic E-state index is 13.9. The van der Waals surface area contributed by atoms with Crippen LogP contribution in [0.3, 0.4) is 0 Å². The molecule has 2 aromatic rings. The average molecular weight is 618 g/mol. The predicted octanol–water partition coefficient (Wildman–Crippen LogP) is 9.48. The van der Waals surface area contributed by atoms with Crippen LogP contribution in [-0.4, -0.2) is 18.0 Å². The van der Waals surface area contributed by atoms with Gasteiger partial charge in [-0.05, 0) is 121 Å². The number of hydrogen-bond acceptors (Lipinski definition) is 3. The Morgan fingerprint density at radius 2 is 1.95 bits per heavy atom. The average Bonchev–Trinajstić information content (AvgIpc) is 3.33. The van der Waals surface area contributed by atoms with Crippen LogP contribution in [0.2, 0.25) is 10.0 Å². The molecule has 1 fully saturated rings. The molecule has 1 unspecified atom stereocenters. The van der Waals surface area contributed by atoms with Gasteiger partial charge in [-0.2, -0.15) is 0 Å². The second-order valence-corrected chi connectivity index (χ2v) is 12.3. The highest BCUT2D eigenvalue weighted by Gasteiger charge is 2.36. The van der Waals surface area contributed by atoms with Gasteiger partial charge in [-0.1, -0.05) is 49.4 Å². The van der Waals surface area contributed by atoms with Crippen molar-refractivity contribution >= 4 is 56.8 Å². The minimum atomic E-state index is -0.0250. The van der Waals surface area contributed by atoms with Gasteiger partial charge in [0, 0.05) is 22.3 Å². The molecule has 1 aliphatic heterocycles. The quantitative estimate of drug-likeness (QED) is 0.351. The van der Waals surface area contributed by atoms with Crippen molar-refractivity contribution in [3.05, 3.63) is 79.3 Å². The zero-order valence-electron chi connectivity index (χ0n) is 22.0. The van der Waals surface area contributed by atoms with E-state index in [0.29, 0.717) is 20.6 Å². The minimum absolute atomic E-state index is 0.0250. The highest BCUT2D eigenvalue weighted by molar-refractivity contribution is 9.10. The van der Waals surface area contributed by atoms with Crippen molar-refractivity contribution in [3.63, 3.8) is 0 Å². The SMILES string of the molecule is CCC1C=C(C(=O)N[C@H](C)C2CCCCC2)C2=C(/C(=C/c3ccc(Br)o3)CCC2)N1c1ccc(Cl)cc1Cl. The standard InChI is InChI=1S/C31H35BrCl2N2O2/c1-3-23-18-26(31(37)35-19(2)20-8-5-4-6-9-20)25-11-7-10-21(16-24-13-15-29(32)38-24)30(25)36(23)28-14-12-22(33)17-27(28)34/h12-20,23H,3-11H2,1-2H3,(H,35,37)/b21-16+/t19-,23?/m1/s1. The van der Waals surface area contributed by atoms with Crippen molar-refractivity contribution in [1.29, 1.82) is 0 Å². The van der Waals surface area contributed by atoms with E-state index in [0.717, 1.165) is 59.5 Å². The van der Waals surface area contributed by atoms with E-state index >= 15 is 0 Å². The summed E-state index contributed by atoms with van der Waals surface area (Å²) in [5.41, 5.74) is 5.00. The Bertz CT molecular complexity index is 1290. The summed E-state index contributed by atoms with van der Waals surface area (Å²) in [7, 11) is 0. The highest BCUT2D eigenvalue weighted by Crippen LogP contribution is 2.46. The van der Waals surface area contributed by atoms with Crippen molar-refractivity contribution in [2.75, 3.05) is 4.90 Å². The minimum Gasteiger partial charge on any atom is -0.450 e. The van der Waals surface area contributed by atoms with E-state index in [-0.39, 0.29) is 18.0 Å². The second kappa shape index (κ2) is 12.1. The number of amides is 1. The molecule has 1 N–H and O–H groups in total. The third kappa shape index (κ3) is 5.80. The highest BCUT2D eigenvalue weighted by atomic mass is 79.9. The molecule has 1 amide bonds. The van der Waals surface area contributed by atoms with Crippen LogP contribution in [0, 0.1) is 5.92 Å². The first-order valence-corrected chi connectivity index (χ1v) is 15.4. The third-order valence-electron chi connectivity index (χ3n) is 8.18. The summed E-state index contributed by atoms with van der Waals surface area (Å²) in [5.74, 6) is 1.37. The Labute approximate surface area is 244 Å². The number of nitrogens with zero attached hydrogens (tertiary/aromatic N) is 1. The van der Waals surface area contributed by atoms with Gasteiger partial charge in [-0.3, -0.25) is 4.79 Å². The first kappa shape index (κ1) is 27.6. The summed E-state index contributed by atoms with van der Waals surface area (Å²) in [6, 6.07) is 9.65. The van der Waals surface area contributed by atoms with Gasteiger partial charge in [0.05, 0.1) is 16.8 Å². The Kier molecular flexibility index (Phi) is 8.76. The molecule has 2 heterocycles. The van der Waals surface area contributed by atoms with E-state index in [1.165, 1.54) is 32.1 Å². The predicted molar refractivity (Wildman–Crippen MR) is 161 cm³/mol. The summed E-state index contributed by atoms with van der Waals surface area (Å²) in [5, 5.41) is 4.59. The summed E-state index contributed by atoms with van der Waals surface area (Å²) in [4.78, 5) is 16.2. The number of benzene rings is 1. The van der Waals surface area contributed by atoms with Gasteiger partial charge in [-0.25, -0.2) is 0 Å². The molecular formula is C31H35BrCl2N2O2. The van der Waals surface area contributed by atoms with Crippen LogP contribution in [0.25, 0.3) is 6.08 Å². The van der Waals surface area contributed by atoms with Crippen molar-refractivity contribution in [2.24, 2.45) is 5.92 Å². The lowest BCUT2D eigenvalue weighted by Crippen LogP contribution is -2.44. The van der Waals surface area contributed by atoms with Crippen LogP contribution in [0.15, 0.2) is 67.9 Å². The molecule has 2 atom stereocenters. The first-order valence-electron chi connectivity index (χ1n) is 13.8. The van der Waals surface area contributed by atoms with E-state index in [2.05, 4.69) is 52.1 Å². The van der Waals surface area contributed by atoms with E-state index in [1.54, 1.807) is 6.07 Å². The largest absolute Gasteiger partial charge is 0.450 e. The van der Waals surface area contributed by atoms with Crippen LogP contribution in [-0.2, 0) is 4.79 Å². The van der Waals surface area contributed by atoms with Gasteiger partial charge >= 0.3 is 0 Å². The molecular weight excluding hydrogens is 583 g/mol. The van der Waals surface area contributed by atoms with Crippen LogP contribution in [0.4, 0.5) is 5.69 Å². The molecule has 0 radical (unpaired) electrons. The number of allylic oxidation sites excluding steroid dienone is 1. The molecule has 5 rings (SSSR count). The number of halogens is 3. The lowest BCUT2D eigenvalue weighted by molar-refractivity contribution is -0.118. The zero-order chi connectivity index (χ0) is 26.8. The molecule has 202 valence electrons.